The SMILES string of the molecule is CCN(CC)C(=O)[C@@H]1[C@@H](C(=O)N(CC)CC)[C@H]2C=C[C@@H]1CC2. The van der Waals surface area contributed by atoms with Crippen molar-refractivity contribution < 1.29 is 9.59 Å². The number of amides is 2. The number of hydrogen-bond acceptors (Lipinski definition) is 2. The minimum absolute atomic E-state index is 0.156. The monoisotopic (exact) mass is 306 g/mol. The van der Waals surface area contributed by atoms with Gasteiger partial charge in [0.25, 0.3) is 0 Å². The lowest BCUT2D eigenvalue weighted by atomic mass is 9.61. The van der Waals surface area contributed by atoms with Gasteiger partial charge in [-0.05, 0) is 52.4 Å². The molecule has 1 saturated carbocycles. The van der Waals surface area contributed by atoms with Crippen molar-refractivity contribution >= 4 is 11.8 Å². The van der Waals surface area contributed by atoms with E-state index in [4.69, 9.17) is 0 Å². The van der Waals surface area contributed by atoms with Crippen molar-refractivity contribution in [3.05, 3.63) is 12.2 Å². The fourth-order valence-electron chi connectivity index (χ4n) is 4.16. The van der Waals surface area contributed by atoms with Crippen molar-refractivity contribution in [1.29, 1.82) is 0 Å². The van der Waals surface area contributed by atoms with E-state index in [1.807, 2.05) is 37.5 Å². The van der Waals surface area contributed by atoms with Crippen LogP contribution in [0.25, 0.3) is 0 Å². The van der Waals surface area contributed by atoms with E-state index in [-0.39, 0.29) is 35.5 Å². The highest BCUT2D eigenvalue weighted by Crippen LogP contribution is 2.46. The van der Waals surface area contributed by atoms with E-state index in [1.165, 1.54) is 0 Å². The molecule has 0 aromatic rings. The van der Waals surface area contributed by atoms with E-state index in [0.717, 1.165) is 39.0 Å². The molecule has 0 saturated heterocycles. The molecule has 1 fully saturated rings. The highest BCUT2D eigenvalue weighted by Gasteiger charge is 2.49. The average Bonchev–Trinajstić information content (AvgIpc) is 2.57. The van der Waals surface area contributed by atoms with Crippen LogP contribution in [0, 0.1) is 23.7 Å². The van der Waals surface area contributed by atoms with Gasteiger partial charge in [-0.1, -0.05) is 12.2 Å². The molecule has 0 aromatic heterocycles. The third kappa shape index (κ3) is 2.92. The van der Waals surface area contributed by atoms with E-state index < -0.39 is 0 Å². The van der Waals surface area contributed by atoms with Crippen LogP contribution < -0.4 is 0 Å². The van der Waals surface area contributed by atoms with Crippen molar-refractivity contribution in [3.63, 3.8) is 0 Å². The number of nitrogens with zero attached hydrogens (tertiary/aromatic N) is 2. The van der Waals surface area contributed by atoms with Crippen molar-refractivity contribution in [1.82, 2.24) is 9.80 Å². The fraction of sp³-hybridized carbons (Fsp3) is 0.778. The van der Waals surface area contributed by atoms with Crippen molar-refractivity contribution in [2.24, 2.45) is 23.7 Å². The Labute approximate surface area is 134 Å². The summed E-state index contributed by atoms with van der Waals surface area (Å²) in [7, 11) is 0. The normalized spacial score (nSPS) is 29.5. The fourth-order valence-corrected chi connectivity index (χ4v) is 4.16. The predicted molar refractivity (Wildman–Crippen MR) is 88.2 cm³/mol. The van der Waals surface area contributed by atoms with Crippen LogP contribution in [0.5, 0.6) is 0 Å². The zero-order valence-corrected chi connectivity index (χ0v) is 14.4. The van der Waals surface area contributed by atoms with Crippen LogP contribution in [0.4, 0.5) is 0 Å². The molecular formula is C18H30N2O2. The third-order valence-electron chi connectivity index (χ3n) is 5.47. The summed E-state index contributed by atoms with van der Waals surface area (Å²) in [6.45, 7) is 10.9. The van der Waals surface area contributed by atoms with Crippen LogP contribution in [-0.4, -0.2) is 47.8 Å². The number of hydrogen-bond donors (Lipinski definition) is 0. The Morgan fingerprint density at radius 3 is 1.32 bits per heavy atom. The summed E-state index contributed by atoms with van der Waals surface area (Å²) in [5.74, 6) is 0.517. The second-order valence-electron chi connectivity index (χ2n) is 6.36. The van der Waals surface area contributed by atoms with Crippen molar-refractivity contribution in [2.75, 3.05) is 26.2 Å². The van der Waals surface area contributed by atoms with Crippen LogP contribution in [0.15, 0.2) is 12.2 Å². The van der Waals surface area contributed by atoms with Gasteiger partial charge >= 0.3 is 0 Å². The first kappa shape index (κ1) is 17.0. The maximum Gasteiger partial charge on any atom is 0.227 e. The lowest BCUT2D eigenvalue weighted by Gasteiger charge is -2.46. The molecule has 124 valence electrons. The zero-order valence-electron chi connectivity index (χ0n) is 14.4. The molecule has 0 aromatic carbocycles. The first-order valence-corrected chi connectivity index (χ1v) is 8.84. The largest absolute Gasteiger partial charge is 0.343 e. The summed E-state index contributed by atoms with van der Waals surface area (Å²) in [5.41, 5.74) is 0. The smallest absolute Gasteiger partial charge is 0.227 e. The van der Waals surface area contributed by atoms with Gasteiger partial charge in [0.1, 0.15) is 0 Å². The minimum Gasteiger partial charge on any atom is -0.343 e. The Morgan fingerprint density at radius 1 is 0.773 bits per heavy atom. The van der Waals surface area contributed by atoms with Gasteiger partial charge in [0.15, 0.2) is 0 Å². The Morgan fingerprint density at radius 2 is 1.09 bits per heavy atom. The second kappa shape index (κ2) is 7.30. The van der Waals surface area contributed by atoms with E-state index in [9.17, 15) is 9.59 Å². The molecule has 0 aliphatic heterocycles. The molecule has 22 heavy (non-hydrogen) atoms. The maximum absolute atomic E-state index is 13.0. The van der Waals surface area contributed by atoms with E-state index in [1.54, 1.807) is 0 Å². The quantitative estimate of drug-likeness (QED) is 0.708. The van der Waals surface area contributed by atoms with Crippen LogP contribution in [0.2, 0.25) is 0 Å². The van der Waals surface area contributed by atoms with Gasteiger partial charge < -0.3 is 9.80 Å². The lowest BCUT2D eigenvalue weighted by Crippen LogP contribution is -2.53. The Bertz CT molecular complexity index is 398. The molecule has 0 unspecified atom stereocenters. The van der Waals surface area contributed by atoms with Gasteiger partial charge in [0.05, 0.1) is 11.8 Å². The lowest BCUT2D eigenvalue weighted by molar-refractivity contribution is -0.152. The summed E-state index contributed by atoms with van der Waals surface area (Å²) >= 11 is 0. The molecule has 0 spiro atoms. The third-order valence-corrected chi connectivity index (χ3v) is 5.47. The number of rotatable bonds is 6. The van der Waals surface area contributed by atoms with Gasteiger partial charge in [-0.15, -0.1) is 0 Å². The Kier molecular flexibility index (Phi) is 5.65. The van der Waals surface area contributed by atoms with E-state index in [0.29, 0.717) is 0 Å². The van der Waals surface area contributed by atoms with Crippen LogP contribution in [0.1, 0.15) is 40.5 Å². The molecular weight excluding hydrogens is 276 g/mol. The molecule has 4 heteroatoms. The molecule has 0 N–H and O–H groups in total. The molecule has 2 bridgehead atoms. The molecule has 0 radical (unpaired) electrons. The van der Waals surface area contributed by atoms with Crippen molar-refractivity contribution in [3.8, 4) is 0 Å². The van der Waals surface area contributed by atoms with Gasteiger partial charge in [0.2, 0.25) is 11.8 Å². The minimum atomic E-state index is -0.156. The molecule has 3 rings (SSSR count). The summed E-state index contributed by atoms with van der Waals surface area (Å²) in [5, 5.41) is 0. The number of allylic oxidation sites excluding steroid dienone is 2. The van der Waals surface area contributed by atoms with Gasteiger partial charge in [-0.25, -0.2) is 0 Å². The van der Waals surface area contributed by atoms with Gasteiger partial charge in [0, 0.05) is 26.2 Å². The maximum atomic E-state index is 13.0. The Balaban J connectivity index is 2.30. The van der Waals surface area contributed by atoms with E-state index in [2.05, 4.69) is 12.2 Å². The molecule has 3 aliphatic rings. The number of carbonyl (C=O) groups is 2. The molecule has 4 atom stereocenters. The van der Waals surface area contributed by atoms with Crippen molar-refractivity contribution in [2.45, 2.75) is 40.5 Å². The highest BCUT2D eigenvalue weighted by atomic mass is 16.2. The number of fused-ring (bicyclic) bond motifs is 2. The second-order valence-corrected chi connectivity index (χ2v) is 6.36. The standard InChI is InChI=1S/C18H30N2O2/c1-5-19(6-2)17(21)15-13-9-11-14(12-10-13)16(15)18(22)20(7-3)8-4/h9,11,13-16H,5-8,10,12H2,1-4H3/t13-,14+,15-,16-/m0/s1. The van der Waals surface area contributed by atoms with Crippen LogP contribution >= 0.6 is 0 Å². The van der Waals surface area contributed by atoms with Gasteiger partial charge in [-0.3, -0.25) is 9.59 Å². The average molecular weight is 306 g/mol. The topological polar surface area (TPSA) is 40.6 Å². The Hall–Kier alpha value is -1.32. The summed E-state index contributed by atoms with van der Waals surface area (Å²) in [4.78, 5) is 29.8. The molecule has 2 amide bonds. The number of carbonyl (C=O) groups excluding carboxylic acids is 2. The van der Waals surface area contributed by atoms with Crippen LogP contribution in [0.3, 0.4) is 0 Å². The summed E-state index contributed by atoms with van der Waals surface area (Å²) in [6, 6.07) is 0. The molecule has 4 nitrogen and oxygen atoms in total. The molecule has 3 aliphatic carbocycles. The molecule has 0 heterocycles. The summed E-state index contributed by atoms with van der Waals surface area (Å²) in [6.07, 6.45) is 6.46. The van der Waals surface area contributed by atoms with Crippen LogP contribution in [-0.2, 0) is 9.59 Å². The van der Waals surface area contributed by atoms with E-state index >= 15 is 0 Å². The predicted octanol–water partition coefficient (Wildman–Crippen LogP) is 2.55. The first-order chi connectivity index (χ1) is 10.6. The first-order valence-electron chi connectivity index (χ1n) is 8.84. The zero-order chi connectivity index (χ0) is 16.3. The highest BCUT2D eigenvalue weighted by molar-refractivity contribution is 5.89. The van der Waals surface area contributed by atoms with Gasteiger partial charge in [-0.2, -0.15) is 0 Å². The summed E-state index contributed by atoms with van der Waals surface area (Å²) < 4.78 is 0.